The molecule has 1 fully saturated rings. The Morgan fingerprint density at radius 3 is 2.54 bits per heavy atom. The average molecular weight is 348 g/mol. The molecule has 0 bridgehead atoms. The van der Waals surface area contributed by atoms with Crippen molar-refractivity contribution in [2.24, 2.45) is 0 Å². The maximum Gasteiger partial charge on any atom is 0.246 e. The van der Waals surface area contributed by atoms with Crippen LogP contribution in [-0.4, -0.2) is 48.2 Å². The van der Waals surface area contributed by atoms with E-state index in [0.29, 0.717) is 18.8 Å². The van der Waals surface area contributed by atoms with Crippen molar-refractivity contribution in [3.8, 4) is 5.69 Å². The van der Waals surface area contributed by atoms with Gasteiger partial charge in [0.25, 0.3) is 0 Å². The van der Waals surface area contributed by atoms with Crippen LogP contribution in [0.1, 0.15) is 12.8 Å². The van der Waals surface area contributed by atoms with Crippen molar-refractivity contribution in [3.63, 3.8) is 0 Å². The van der Waals surface area contributed by atoms with Crippen molar-refractivity contribution >= 4 is 21.4 Å². The quantitative estimate of drug-likeness (QED) is 0.859. The average Bonchev–Trinajstić information content (AvgIpc) is 3.04. The van der Waals surface area contributed by atoms with E-state index in [1.165, 1.54) is 6.20 Å². The van der Waals surface area contributed by atoms with Gasteiger partial charge in [0.15, 0.2) is 14.6 Å². The standard InChI is InChI=1S/C16H20N4O3S/c1-24(22,23)16(7-9-17-10-8-16)15(21)19-13-11-18-20(12-13)14-5-3-2-4-6-14/h2-6,11-12,17H,7-10H2,1H3,(H,19,21). The van der Waals surface area contributed by atoms with Crippen molar-refractivity contribution in [2.75, 3.05) is 24.7 Å². The van der Waals surface area contributed by atoms with Crippen LogP contribution in [0.3, 0.4) is 0 Å². The Morgan fingerprint density at radius 2 is 1.92 bits per heavy atom. The van der Waals surface area contributed by atoms with Crippen LogP contribution in [0.15, 0.2) is 42.7 Å². The van der Waals surface area contributed by atoms with Gasteiger partial charge in [0.1, 0.15) is 0 Å². The molecule has 2 heterocycles. The predicted molar refractivity (Wildman–Crippen MR) is 91.9 cm³/mol. The lowest BCUT2D eigenvalue weighted by Gasteiger charge is -2.34. The molecule has 1 aliphatic heterocycles. The number of sulfone groups is 1. The number of nitrogens with zero attached hydrogens (tertiary/aromatic N) is 2. The van der Waals surface area contributed by atoms with Gasteiger partial charge >= 0.3 is 0 Å². The third-order valence-corrected chi connectivity index (χ3v) is 6.41. The van der Waals surface area contributed by atoms with Crippen LogP contribution in [0.4, 0.5) is 5.69 Å². The molecule has 2 N–H and O–H groups in total. The van der Waals surface area contributed by atoms with Crippen molar-refractivity contribution < 1.29 is 13.2 Å². The highest BCUT2D eigenvalue weighted by Gasteiger charge is 2.48. The number of nitrogens with one attached hydrogen (secondary N) is 2. The highest BCUT2D eigenvalue weighted by molar-refractivity contribution is 7.92. The van der Waals surface area contributed by atoms with Gasteiger partial charge < -0.3 is 10.6 Å². The zero-order valence-corrected chi connectivity index (χ0v) is 14.2. The number of rotatable bonds is 4. The molecule has 0 radical (unpaired) electrons. The van der Waals surface area contributed by atoms with Crippen LogP contribution in [0, 0.1) is 0 Å². The third kappa shape index (κ3) is 3.07. The molecule has 8 heteroatoms. The summed E-state index contributed by atoms with van der Waals surface area (Å²) in [6.07, 6.45) is 4.85. The lowest BCUT2D eigenvalue weighted by molar-refractivity contribution is -0.119. The monoisotopic (exact) mass is 348 g/mol. The molecule has 0 atom stereocenters. The summed E-state index contributed by atoms with van der Waals surface area (Å²) < 4.78 is 24.8. The summed E-state index contributed by atoms with van der Waals surface area (Å²) in [4.78, 5) is 12.7. The van der Waals surface area contributed by atoms with E-state index < -0.39 is 20.5 Å². The largest absolute Gasteiger partial charge is 0.322 e. The molecule has 1 aliphatic rings. The first-order valence-corrected chi connectivity index (χ1v) is 9.63. The van der Waals surface area contributed by atoms with Gasteiger partial charge in [0.05, 0.1) is 23.8 Å². The van der Waals surface area contributed by atoms with Gasteiger partial charge in [0, 0.05) is 6.26 Å². The van der Waals surface area contributed by atoms with Crippen LogP contribution in [-0.2, 0) is 14.6 Å². The Hall–Kier alpha value is -2.19. The van der Waals surface area contributed by atoms with Gasteiger partial charge in [0.2, 0.25) is 5.91 Å². The van der Waals surface area contributed by atoms with E-state index in [9.17, 15) is 13.2 Å². The number of piperidine rings is 1. The second kappa shape index (κ2) is 6.37. The highest BCUT2D eigenvalue weighted by Crippen LogP contribution is 2.29. The topological polar surface area (TPSA) is 93.1 Å². The van der Waals surface area contributed by atoms with Crippen molar-refractivity contribution in [3.05, 3.63) is 42.7 Å². The Kier molecular flexibility index (Phi) is 4.42. The molecule has 128 valence electrons. The van der Waals surface area contributed by atoms with Gasteiger partial charge in [-0.25, -0.2) is 13.1 Å². The number of hydrogen-bond acceptors (Lipinski definition) is 5. The van der Waals surface area contributed by atoms with E-state index in [0.717, 1.165) is 11.9 Å². The first kappa shape index (κ1) is 16.7. The first-order valence-electron chi connectivity index (χ1n) is 7.74. The van der Waals surface area contributed by atoms with Crippen LogP contribution in [0.25, 0.3) is 5.69 Å². The number of hydrogen-bond donors (Lipinski definition) is 2. The minimum atomic E-state index is -3.53. The summed E-state index contributed by atoms with van der Waals surface area (Å²) in [6.45, 7) is 1.01. The second-order valence-electron chi connectivity index (χ2n) is 5.98. The molecule has 0 saturated carbocycles. The molecule has 3 rings (SSSR count). The lowest BCUT2D eigenvalue weighted by Crippen LogP contribution is -2.55. The molecule has 1 aromatic carbocycles. The van der Waals surface area contributed by atoms with Gasteiger partial charge in [-0.05, 0) is 38.1 Å². The van der Waals surface area contributed by atoms with Gasteiger partial charge in [-0.2, -0.15) is 5.10 Å². The fourth-order valence-electron chi connectivity index (χ4n) is 2.95. The molecule has 2 aromatic rings. The molecular formula is C16H20N4O3S. The van der Waals surface area contributed by atoms with Gasteiger partial charge in [-0.1, -0.05) is 18.2 Å². The lowest BCUT2D eigenvalue weighted by atomic mass is 9.96. The number of amides is 1. The van der Waals surface area contributed by atoms with E-state index in [4.69, 9.17) is 0 Å². The fraction of sp³-hybridized carbons (Fsp3) is 0.375. The summed E-state index contributed by atoms with van der Waals surface area (Å²) in [5.41, 5.74) is 1.34. The Labute approximate surface area is 141 Å². The summed E-state index contributed by atoms with van der Waals surface area (Å²) in [6, 6.07) is 9.47. The van der Waals surface area contributed by atoms with E-state index >= 15 is 0 Å². The first-order chi connectivity index (χ1) is 11.4. The Bertz CT molecular complexity index is 824. The fourth-order valence-corrected chi connectivity index (χ4v) is 4.28. The van der Waals surface area contributed by atoms with Crippen molar-refractivity contribution in [1.82, 2.24) is 15.1 Å². The van der Waals surface area contributed by atoms with Crippen LogP contribution in [0.5, 0.6) is 0 Å². The minimum absolute atomic E-state index is 0.268. The zero-order chi connectivity index (χ0) is 17.2. The molecule has 0 unspecified atom stereocenters. The number of benzene rings is 1. The third-order valence-electron chi connectivity index (χ3n) is 4.40. The number of carbonyl (C=O) groups is 1. The maximum atomic E-state index is 12.7. The molecule has 24 heavy (non-hydrogen) atoms. The van der Waals surface area contributed by atoms with Crippen LogP contribution >= 0.6 is 0 Å². The SMILES string of the molecule is CS(=O)(=O)C1(C(=O)Nc2cnn(-c3ccccc3)c2)CCNCC1. The summed E-state index contributed by atoms with van der Waals surface area (Å²) in [5.74, 6) is -0.487. The molecular weight excluding hydrogens is 328 g/mol. The van der Waals surface area contributed by atoms with Crippen LogP contribution < -0.4 is 10.6 Å². The number of para-hydroxylation sites is 1. The molecule has 0 aliphatic carbocycles. The smallest absolute Gasteiger partial charge is 0.246 e. The van der Waals surface area contributed by atoms with Gasteiger partial charge in [-0.15, -0.1) is 0 Å². The molecule has 1 saturated heterocycles. The number of carbonyl (C=O) groups excluding carboxylic acids is 1. The summed E-state index contributed by atoms with van der Waals surface area (Å²) >= 11 is 0. The normalized spacial score (nSPS) is 17.4. The Balaban J connectivity index is 1.83. The molecule has 7 nitrogen and oxygen atoms in total. The number of anilines is 1. The van der Waals surface area contributed by atoms with Crippen molar-refractivity contribution in [1.29, 1.82) is 0 Å². The van der Waals surface area contributed by atoms with Crippen molar-refractivity contribution in [2.45, 2.75) is 17.6 Å². The van der Waals surface area contributed by atoms with Crippen LogP contribution in [0.2, 0.25) is 0 Å². The zero-order valence-electron chi connectivity index (χ0n) is 13.4. The molecule has 1 amide bonds. The minimum Gasteiger partial charge on any atom is -0.322 e. The highest BCUT2D eigenvalue weighted by atomic mass is 32.2. The van der Waals surface area contributed by atoms with E-state index in [1.807, 2.05) is 30.3 Å². The summed E-state index contributed by atoms with van der Waals surface area (Å²) in [5, 5.41) is 10.0. The second-order valence-corrected chi connectivity index (χ2v) is 8.31. The van der Waals surface area contributed by atoms with E-state index in [-0.39, 0.29) is 12.8 Å². The number of aromatic nitrogens is 2. The maximum absolute atomic E-state index is 12.7. The Morgan fingerprint density at radius 1 is 1.25 bits per heavy atom. The summed E-state index contributed by atoms with van der Waals surface area (Å²) in [7, 11) is -3.53. The molecule has 1 aromatic heterocycles. The van der Waals surface area contributed by atoms with Gasteiger partial charge in [-0.3, -0.25) is 4.79 Å². The predicted octanol–water partition coefficient (Wildman–Crippen LogP) is 0.978. The van der Waals surface area contributed by atoms with E-state index in [2.05, 4.69) is 15.7 Å². The van der Waals surface area contributed by atoms with E-state index in [1.54, 1.807) is 10.9 Å². The molecule has 0 spiro atoms.